The molecule has 140 valence electrons. The van der Waals surface area contributed by atoms with E-state index in [4.69, 9.17) is 4.74 Å². The van der Waals surface area contributed by atoms with E-state index in [1.54, 1.807) is 29.2 Å². The first kappa shape index (κ1) is 18.8. The highest BCUT2D eigenvalue weighted by molar-refractivity contribution is 7.98. The Labute approximate surface area is 155 Å². The molecule has 0 bridgehead atoms. The molecule has 2 heterocycles. The van der Waals surface area contributed by atoms with Crippen molar-refractivity contribution in [2.45, 2.75) is 18.0 Å². The lowest BCUT2D eigenvalue weighted by molar-refractivity contribution is -0.734. The number of ether oxygens (including phenoxy) is 1. The van der Waals surface area contributed by atoms with Crippen molar-refractivity contribution in [1.29, 1.82) is 0 Å². The molecule has 0 unspecified atom stereocenters. The van der Waals surface area contributed by atoms with Crippen molar-refractivity contribution in [2.24, 2.45) is 11.8 Å². The summed E-state index contributed by atoms with van der Waals surface area (Å²) in [6.07, 6.45) is 2.33. The molecule has 2 N–H and O–H groups in total. The van der Waals surface area contributed by atoms with Gasteiger partial charge in [-0.3, -0.25) is 14.5 Å². The molecule has 3 rings (SSSR count). The molecular formula is C18H22FN2O4S+. The largest absolute Gasteiger partial charge is 0.464 e. The number of imide groups is 1. The first-order valence-electron chi connectivity index (χ1n) is 8.37. The lowest BCUT2D eigenvalue weighted by atomic mass is 9.78. The third kappa shape index (κ3) is 2.72. The van der Waals surface area contributed by atoms with Gasteiger partial charge in [0.1, 0.15) is 23.7 Å². The van der Waals surface area contributed by atoms with Crippen LogP contribution in [0.2, 0.25) is 0 Å². The lowest BCUT2D eigenvalue weighted by Crippen LogP contribution is -2.98. The van der Waals surface area contributed by atoms with Gasteiger partial charge in [0, 0.05) is 19.0 Å². The summed E-state index contributed by atoms with van der Waals surface area (Å²) in [7, 11) is 2.74. The summed E-state index contributed by atoms with van der Waals surface area (Å²) in [5.41, 5.74) is -0.438. The number of likely N-dealkylation sites (tertiary alicyclic amines) is 1. The number of benzene rings is 1. The van der Waals surface area contributed by atoms with Crippen LogP contribution in [-0.4, -0.2) is 54.4 Å². The molecule has 26 heavy (non-hydrogen) atoms. The van der Waals surface area contributed by atoms with Crippen molar-refractivity contribution in [3.05, 3.63) is 35.6 Å². The van der Waals surface area contributed by atoms with E-state index in [9.17, 15) is 18.8 Å². The number of hydrogen-bond donors (Lipinski definition) is 1. The quantitative estimate of drug-likeness (QED) is 0.588. The van der Waals surface area contributed by atoms with E-state index >= 15 is 0 Å². The topological polar surface area (TPSA) is 80.3 Å². The molecule has 0 aromatic heterocycles. The summed E-state index contributed by atoms with van der Waals surface area (Å²) in [5.74, 6) is -2.34. The zero-order valence-corrected chi connectivity index (χ0v) is 15.7. The van der Waals surface area contributed by atoms with Crippen LogP contribution in [0, 0.1) is 17.7 Å². The fourth-order valence-corrected chi connectivity index (χ4v) is 4.79. The van der Waals surface area contributed by atoms with Gasteiger partial charge in [-0.2, -0.15) is 11.8 Å². The number of halogens is 1. The van der Waals surface area contributed by atoms with Crippen molar-refractivity contribution < 1.29 is 28.8 Å². The van der Waals surface area contributed by atoms with Crippen LogP contribution in [0.1, 0.15) is 18.0 Å². The number of esters is 1. The van der Waals surface area contributed by atoms with Crippen LogP contribution >= 0.6 is 11.8 Å². The number of methoxy groups -OCH3 is 1. The maximum absolute atomic E-state index is 13.3. The molecule has 2 fully saturated rings. The van der Waals surface area contributed by atoms with Crippen LogP contribution in [0.25, 0.3) is 0 Å². The molecule has 2 aliphatic heterocycles. The summed E-state index contributed by atoms with van der Waals surface area (Å²) in [4.78, 5) is 39.5. The minimum atomic E-state index is -1.15. The maximum Gasteiger partial charge on any atom is 0.368 e. The van der Waals surface area contributed by atoms with Gasteiger partial charge in [0.2, 0.25) is 17.4 Å². The molecule has 2 saturated heterocycles. The smallest absolute Gasteiger partial charge is 0.368 e. The normalized spacial score (nSPS) is 30.6. The van der Waals surface area contributed by atoms with E-state index < -0.39 is 29.4 Å². The van der Waals surface area contributed by atoms with Gasteiger partial charge in [-0.05, 0) is 24.1 Å². The Bertz CT molecular complexity index is 741. The minimum absolute atomic E-state index is 0.305. The predicted molar refractivity (Wildman–Crippen MR) is 93.6 cm³/mol. The summed E-state index contributed by atoms with van der Waals surface area (Å²) in [6, 6.07) is 5.41. The fraction of sp³-hybridized carbons (Fsp3) is 0.500. The fourth-order valence-electron chi connectivity index (χ4n) is 4.25. The maximum atomic E-state index is 13.3. The molecule has 0 spiro atoms. The molecule has 6 nitrogen and oxygen atoms in total. The third-order valence-corrected chi connectivity index (χ3v) is 6.14. The van der Waals surface area contributed by atoms with Crippen LogP contribution in [0.15, 0.2) is 24.3 Å². The van der Waals surface area contributed by atoms with Gasteiger partial charge >= 0.3 is 5.97 Å². The molecule has 0 radical (unpaired) electrons. The number of nitrogens with zero attached hydrogens (tertiary/aromatic N) is 1. The van der Waals surface area contributed by atoms with Gasteiger partial charge < -0.3 is 10.1 Å². The van der Waals surface area contributed by atoms with E-state index in [0.29, 0.717) is 17.7 Å². The van der Waals surface area contributed by atoms with Gasteiger partial charge in [-0.15, -0.1) is 0 Å². The van der Waals surface area contributed by atoms with E-state index in [-0.39, 0.29) is 17.6 Å². The molecular weight excluding hydrogens is 359 g/mol. The summed E-state index contributed by atoms with van der Waals surface area (Å²) >= 11 is 1.56. The van der Waals surface area contributed by atoms with Gasteiger partial charge in [-0.25, -0.2) is 9.18 Å². The minimum Gasteiger partial charge on any atom is -0.464 e. The standard InChI is InChI=1S/C18H21FN2O4S/c1-21-15(22)12-13(16(21)23)18(8-9-26-3,17(24)25-2)20-14(12)10-4-6-11(19)7-5-10/h4-7,12-14,20H,8-9H2,1-3H3/p+1/t12-,13+,14-,18-/m1/s1. The van der Waals surface area contributed by atoms with Crippen molar-refractivity contribution >= 4 is 29.5 Å². The van der Waals surface area contributed by atoms with Crippen LogP contribution in [-0.2, 0) is 19.1 Å². The monoisotopic (exact) mass is 381 g/mol. The zero-order valence-electron chi connectivity index (χ0n) is 14.9. The molecule has 1 aromatic rings. The van der Waals surface area contributed by atoms with Gasteiger partial charge in [-0.1, -0.05) is 12.1 Å². The first-order valence-corrected chi connectivity index (χ1v) is 9.77. The van der Waals surface area contributed by atoms with Crippen LogP contribution in [0.4, 0.5) is 4.39 Å². The van der Waals surface area contributed by atoms with E-state index in [1.165, 1.54) is 26.3 Å². The Hall–Kier alpha value is -1.93. The number of thioether (sulfide) groups is 1. The molecule has 1 aromatic carbocycles. The molecule has 8 heteroatoms. The van der Waals surface area contributed by atoms with E-state index in [2.05, 4.69) is 0 Å². The molecule has 2 aliphatic rings. The molecule has 0 saturated carbocycles. The predicted octanol–water partition coefficient (Wildman–Crippen LogP) is 0.340. The molecule has 2 amide bonds. The third-order valence-electron chi connectivity index (χ3n) is 5.53. The van der Waals surface area contributed by atoms with Gasteiger partial charge in [0.15, 0.2) is 0 Å². The highest BCUT2D eigenvalue weighted by atomic mass is 32.2. The zero-order chi connectivity index (χ0) is 19.1. The SMILES string of the molecule is COC(=O)[C@]1(CCSC)[NH2+][C@H](c2ccc(F)cc2)[C@@H]2C(=O)N(C)C(=O)[C@H]21. The number of carbonyl (C=O) groups is 3. The Kier molecular flexibility index (Phi) is 5.07. The number of quaternary nitrogens is 1. The number of fused-ring (bicyclic) bond motifs is 1. The van der Waals surface area contributed by atoms with Crippen molar-refractivity contribution in [3.8, 4) is 0 Å². The average molecular weight is 381 g/mol. The average Bonchev–Trinajstić information content (AvgIpc) is 3.10. The first-order chi connectivity index (χ1) is 12.4. The number of hydrogen-bond acceptors (Lipinski definition) is 5. The summed E-state index contributed by atoms with van der Waals surface area (Å²) in [6.45, 7) is 0. The van der Waals surface area contributed by atoms with Crippen molar-refractivity contribution in [1.82, 2.24) is 4.90 Å². The number of amides is 2. The van der Waals surface area contributed by atoms with E-state index in [0.717, 1.165) is 4.90 Å². The van der Waals surface area contributed by atoms with Gasteiger partial charge in [0.25, 0.3) is 0 Å². The Balaban J connectivity index is 2.11. The number of nitrogens with two attached hydrogens (primary N) is 1. The highest BCUT2D eigenvalue weighted by Gasteiger charge is 2.71. The lowest BCUT2D eigenvalue weighted by Gasteiger charge is -2.28. The summed E-state index contributed by atoms with van der Waals surface area (Å²) < 4.78 is 18.4. The van der Waals surface area contributed by atoms with Crippen molar-refractivity contribution in [3.63, 3.8) is 0 Å². The van der Waals surface area contributed by atoms with Crippen LogP contribution in [0.3, 0.4) is 0 Å². The Morgan fingerprint density at radius 2 is 1.96 bits per heavy atom. The Morgan fingerprint density at radius 1 is 1.31 bits per heavy atom. The summed E-state index contributed by atoms with van der Waals surface area (Å²) in [5, 5.41) is 1.79. The molecule has 4 atom stereocenters. The second kappa shape index (κ2) is 7.00. The second-order valence-corrected chi connectivity index (χ2v) is 7.74. The number of rotatable bonds is 5. The highest BCUT2D eigenvalue weighted by Crippen LogP contribution is 2.45. The number of carbonyl (C=O) groups excluding carboxylic acids is 3. The van der Waals surface area contributed by atoms with Crippen LogP contribution in [0.5, 0.6) is 0 Å². The van der Waals surface area contributed by atoms with Crippen molar-refractivity contribution in [2.75, 3.05) is 26.2 Å². The van der Waals surface area contributed by atoms with Crippen LogP contribution < -0.4 is 5.32 Å². The van der Waals surface area contributed by atoms with E-state index in [1.807, 2.05) is 6.26 Å². The molecule has 0 aliphatic carbocycles. The second-order valence-electron chi connectivity index (χ2n) is 6.76. The van der Waals surface area contributed by atoms with Gasteiger partial charge in [0.05, 0.1) is 7.11 Å². The Morgan fingerprint density at radius 3 is 2.54 bits per heavy atom.